The lowest BCUT2D eigenvalue weighted by Crippen LogP contribution is -2.12. The summed E-state index contributed by atoms with van der Waals surface area (Å²) >= 11 is 0. The number of carbonyl (C=O) groups excluding carboxylic acids is 2. The Balaban J connectivity index is 2.53. The Bertz CT molecular complexity index is 746. The summed E-state index contributed by atoms with van der Waals surface area (Å²) in [7, 11) is 2.46. The lowest BCUT2D eigenvalue weighted by atomic mass is 10.1. The predicted molar refractivity (Wildman–Crippen MR) is 90.9 cm³/mol. The van der Waals surface area contributed by atoms with Crippen LogP contribution in [-0.2, 0) is 9.47 Å². The van der Waals surface area contributed by atoms with Crippen LogP contribution in [0.3, 0.4) is 0 Å². The first-order chi connectivity index (χ1) is 11.6. The maximum Gasteiger partial charge on any atom is 0.374 e. The van der Waals surface area contributed by atoms with Crippen molar-refractivity contribution in [2.75, 3.05) is 26.1 Å². The molecule has 6 nitrogen and oxygen atoms in total. The van der Waals surface area contributed by atoms with Gasteiger partial charge >= 0.3 is 11.9 Å². The Morgan fingerprint density at radius 3 is 2.33 bits per heavy atom. The van der Waals surface area contributed by atoms with E-state index in [-0.39, 0.29) is 11.3 Å². The molecule has 1 N–H and O–H groups in total. The molecule has 6 heteroatoms. The molecule has 0 aliphatic rings. The summed E-state index contributed by atoms with van der Waals surface area (Å²) in [5.41, 5.74) is 1.38. The highest BCUT2D eigenvalue weighted by atomic mass is 16.5. The summed E-state index contributed by atoms with van der Waals surface area (Å²) in [5.74, 6) is -1.25. The van der Waals surface area contributed by atoms with Crippen LogP contribution in [0.25, 0.3) is 12.2 Å². The van der Waals surface area contributed by atoms with Crippen molar-refractivity contribution in [3.05, 3.63) is 53.0 Å². The Morgan fingerprint density at radius 1 is 1.08 bits per heavy atom. The lowest BCUT2D eigenvalue weighted by molar-refractivity contribution is 0.0528. The van der Waals surface area contributed by atoms with Gasteiger partial charge in [0.1, 0.15) is 5.56 Å². The van der Waals surface area contributed by atoms with Crippen molar-refractivity contribution in [1.82, 2.24) is 0 Å². The largest absolute Gasteiger partial charge is 0.465 e. The average Bonchev–Trinajstić information content (AvgIpc) is 2.98. The van der Waals surface area contributed by atoms with Crippen molar-refractivity contribution in [3.63, 3.8) is 0 Å². The van der Waals surface area contributed by atoms with Crippen molar-refractivity contribution in [3.8, 4) is 0 Å². The van der Waals surface area contributed by atoms with E-state index in [0.29, 0.717) is 18.0 Å². The van der Waals surface area contributed by atoms with Crippen LogP contribution in [0.5, 0.6) is 0 Å². The number of benzene rings is 1. The van der Waals surface area contributed by atoms with Gasteiger partial charge in [0, 0.05) is 6.54 Å². The van der Waals surface area contributed by atoms with E-state index in [0.717, 1.165) is 5.56 Å². The van der Waals surface area contributed by atoms with Crippen LogP contribution in [0, 0.1) is 0 Å². The molecule has 0 spiro atoms. The number of rotatable bonds is 6. The van der Waals surface area contributed by atoms with Crippen LogP contribution >= 0.6 is 0 Å². The molecule has 1 aromatic heterocycles. The quantitative estimate of drug-likeness (QED) is 0.818. The third-order valence-electron chi connectivity index (χ3n) is 3.28. The van der Waals surface area contributed by atoms with Gasteiger partial charge in [-0.3, -0.25) is 0 Å². The van der Waals surface area contributed by atoms with Gasteiger partial charge in [0.05, 0.1) is 19.9 Å². The number of furan rings is 1. The molecule has 0 bridgehead atoms. The first kappa shape index (κ1) is 17.3. The second-order valence-electron chi connectivity index (χ2n) is 4.80. The van der Waals surface area contributed by atoms with Crippen LogP contribution in [0.1, 0.15) is 39.2 Å². The van der Waals surface area contributed by atoms with Gasteiger partial charge in [-0.2, -0.15) is 0 Å². The fourth-order valence-electron chi connectivity index (χ4n) is 2.19. The molecule has 2 rings (SSSR count). The number of methoxy groups -OCH3 is 2. The zero-order valence-electron chi connectivity index (χ0n) is 13.8. The van der Waals surface area contributed by atoms with E-state index < -0.39 is 11.9 Å². The van der Waals surface area contributed by atoms with Gasteiger partial charge in [-0.05, 0) is 18.6 Å². The van der Waals surface area contributed by atoms with Crippen LogP contribution in [0.4, 0.5) is 5.69 Å². The summed E-state index contributed by atoms with van der Waals surface area (Å²) in [6, 6.07) is 9.59. The lowest BCUT2D eigenvalue weighted by Gasteiger charge is -2.04. The van der Waals surface area contributed by atoms with E-state index in [2.05, 4.69) is 10.1 Å². The Kier molecular flexibility index (Phi) is 5.78. The van der Waals surface area contributed by atoms with Crippen LogP contribution in [0.15, 0.2) is 34.7 Å². The fourth-order valence-corrected chi connectivity index (χ4v) is 2.19. The molecule has 0 atom stereocenters. The van der Waals surface area contributed by atoms with Gasteiger partial charge in [0.2, 0.25) is 5.76 Å². The van der Waals surface area contributed by atoms with Gasteiger partial charge in [-0.15, -0.1) is 0 Å². The van der Waals surface area contributed by atoms with Crippen LogP contribution in [-0.4, -0.2) is 32.7 Å². The number of anilines is 1. The monoisotopic (exact) mass is 329 g/mol. The molecule has 1 aromatic carbocycles. The molecule has 0 saturated carbocycles. The normalized spacial score (nSPS) is 10.6. The van der Waals surface area contributed by atoms with E-state index in [1.165, 1.54) is 14.2 Å². The number of hydrogen-bond donors (Lipinski definition) is 1. The number of esters is 2. The van der Waals surface area contributed by atoms with Gasteiger partial charge in [-0.1, -0.05) is 36.4 Å². The van der Waals surface area contributed by atoms with Gasteiger partial charge < -0.3 is 19.2 Å². The molecular weight excluding hydrogens is 310 g/mol. The number of hydrogen-bond acceptors (Lipinski definition) is 6. The summed E-state index contributed by atoms with van der Waals surface area (Å²) in [6.45, 7) is 2.41. The molecule has 0 fully saturated rings. The predicted octanol–water partition coefficient (Wildman–Crippen LogP) is 3.46. The SMILES string of the molecule is CCNc1c(/C=C/c2ccccc2)oc(C(=O)OC)c1C(=O)OC. The summed E-state index contributed by atoms with van der Waals surface area (Å²) in [5, 5.41) is 3.04. The average molecular weight is 329 g/mol. The standard InChI is InChI=1S/C18H19NO5/c1-4-19-15-13(11-10-12-8-6-5-7-9-12)24-16(18(21)23-3)14(15)17(20)22-2/h5-11,19H,4H2,1-3H3/b11-10+. The first-order valence-electron chi connectivity index (χ1n) is 7.42. The third kappa shape index (κ3) is 3.65. The topological polar surface area (TPSA) is 77.8 Å². The molecular formula is C18H19NO5. The van der Waals surface area contributed by atoms with E-state index in [1.54, 1.807) is 6.08 Å². The number of nitrogens with one attached hydrogen (secondary N) is 1. The molecule has 126 valence electrons. The third-order valence-corrected chi connectivity index (χ3v) is 3.28. The highest BCUT2D eigenvalue weighted by molar-refractivity contribution is 6.07. The summed E-state index contributed by atoms with van der Waals surface area (Å²) in [4.78, 5) is 24.0. The Hall–Kier alpha value is -3.02. The minimum Gasteiger partial charge on any atom is -0.465 e. The van der Waals surface area contributed by atoms with E-state index in [1.807, 2.05) is 43.3 Å². The van der Waals surface area contributed by atoms with E-state index in [9.17, 15) is 9.59 Å². The molecule has 0 aliphatic carbocycles. The highest BCUT2D eigenvalue weighted by Crippen LogP contribution is 2.31. The van der Waals surface area contributed by atoms with Gasteiger partial charge in [0.15, 0.2) is 5.76 Å². The number of ether oxygens (including phenoxy) is 2. The summed E-state index contributed by atoms with van der Waals surface area (Å²) in [6.07, 6.45) is 3.51. The Morgan fingerprint density at radius 2 is 1.75 bits per heavy atom. The summed E-state index contributed by atoms with van der Waals surface area (Å²) < 4.78 is 15.0. The zero-order chi connectivity index (χ0) is 17.5. The second kappa shape index (κ2) is 8.01. The van der Waals surface area contributed by atoms with Crippen LogP contribution in [0.2, 0.25) is 0 Å². The molecule has 0 saturated heterocycles. The van der Waals surface area contributed by atoms with Crippen molar-refractivity contribution in [2.45, 2.75) is 6.92 Å². The molecule has 1 heterocycles. The smallest absolute Gasteiger partial charge is 0.374 e. The molecule has 2 aromatic rings. The molecule has 0 aliphatic heterocycles. The van der Waals surface area contributed by atoms with Crippen molar-refractivity contribution in [1.29, 1.82) is 0 Å². The fraction of sp³-hybridized carbons (Fsp3) is 0.222. The van der Waals surface area contributed by atoms with Crippen molar-refractivity contribution < 1.29 is 23.5 Å². The maximum atomic E-state index is 12.1. The van der Waals surface area contributed by atoms with Crippen molar-refractivity contribution >= 4 is 29.8 Å². The molecule has 24 heavy (non-hydrogen) atoms. The molecule has 0 unspecified atom stereocenters. The Labute approximate surface area is 140 Å². The maximum absolute atomic E-state index is 12.1. The van der Waals surface area contributed by atoms with Crippen LogP contribution < -0.4 is 5.32 Å². The zero-order valence-corrected chi connectivity index (χ0v) is 13.8. The first-order valence-corrected chi connectivity index (χ1v) is 7.42. The molecule has 0 amide bonds. The number of carbonyl (C=O) groups is 2. The second-order valence-corrected chi connectivity index (χ2v) is 4.80. The highest BCUT2D eigenvalue weighted by Gasteiger charge is 2.30. The van der Waals surface area contributed by atoms with Gasteiger partial charge in [0.25, 0.3) is 0 Å². The van der Waals surface area contributed by atoms with Gasteiger partial charge in [-0.25, -0.2) is 9.59 Å². The van der Waals surface area contributed by atoms with E-state index in [4.69, 9.17) is 9.15 Å². The minimum absolute atomic E-state index is 0.0268. The van der Waals surface area contributed by atoms with Crippen molar-refractivity contribution in [2.24, 2.45) is 0 Å². The molecule has 0 radical (unpaired) electrons. The minimum atomic E-state index is -0.742. The van der Waals surface area contributed by atoms with E-state index >= 15 is 0 Å².